The molecule has 0 aliphatic heterocycles. The zero-order valence-electron chi connectivity index (χ0n) is 7.70. The fourth-order valence-corrected chi connectivity index (χ4v) is 2.09. The van der Waals surface area contributed by atoms with Gasteiger partial charge in [-0.1, -0.05) is 0 Å². The van der Waals surface area contributed by atoms with Gasteiger partial charge in [-0.15, -0.1) is 23.4 Å². The molecular weight excluding hydrogens is 222 g/mol. The van der Waals surface area contributed by atoms with Crippen molar-refractivity contribution in [1.82, 2.24) is 0 Å². The van der Waals surface area contributed by atoms with E-state index in [4.69, 9.17) is 11.6 Å². The van der Waals surface area contributed by atoms with Crippen LogP contribution < -0.4 is 0 Å². The van der Waals surface area contributed by atoms with E-state index in [1.807, 2.05) is 13.0 Å². The van der Waals surface area contributed by atoms with Gasteiger partial charge in [-0.2, -0.15) is 0 Å². The molecule has 0 bridgehead atoms. The van der Waals surface area contributed by atoms with Crippen molar-refractivity contribution in [2.45, 2.75) is 11.8 Å². The van der Waals surface area contributed by atoms with Crippen molar-refractivity contribution >= 4 is 29.1 Å². The van der Waals surface area contributed by atoms with Crippen molar-refractivity contribution in [3.05, 3.63) is 33.9 Å². The number of hydrogen-bond acceptors (Lipinski definition) is 3. The average Bonchev–Trinajstić information content (AvgIpc) is 2.14. The van der Waals surface area contributed by atoms with Gasteiger partial charge in [0.2, 0.25) is 0 Å². The minimum absolute atomic E-state index is 0.141. The molecule has 3 nitrogen and oxygen atoms in total. The van der Waals surface area contributed by atoms with Crippen molar-refractivity contribution in [3.8, 4) is 0 Å². The lowest BCUT2D eigenvalue weighted by Gasteiger charge is -2.01. The number of nitro benzene ring substituents is 1. The molecule has 0 aliphatic carbocycles. The molecule has 1 aromatic rings. The summed E-state index contributed by atoms with van der Waals surface area (Å²) in [5.74, 6) is 1.31. The van der Waals surface area contributed by atoms with E-state index in [9.17, 15) is 10.1 Å². The maximum Gasteiger partial charge on any atom is 0.270 e. The quantitative estimate of drug-likeness (QED) is 0.346. The summed E-state index contributed by atoms with van der Waals surface area (Å²) in [6, 6.07) is 5.05. The summed E-state index contributed by atoms with van der Waals surface area (Å²) in [5.41, 5.74) is 1.04. The third kappa shape index (κ3) is 3.20. The van der Waals surface area contributed by atoms with Crippen LogP contribution in [0.25, 0.3) is 0 Å². The molecule has 0 aliphatic rings. The first kappa shape index (κ1) is 11.3. The summed E-state index contributed by atoms with van der Waals surface area (Å²) in [6.07, 6.45) is 0. The fourth-order valence-electron chi connectivity index (χ4n) is 1.07. The van der Waals surface area contributed by atoms with Crippen LogP contribution in [0.1, 0.15) is 5.56 Å². The number of non-ortho nitro benzene ring substituents is 1. The van der Waals surface area contributed by atoms with Gasteiger partial charge in [0.05, 0.1) is 4.92 Å². The monoisotopic (exact) mass is 231 g/mol. The molecule has 0 N–H and O–H groups in total. The van der Waals surface area contributed by atoms with Crippen LogP contribution in [0.4, 0.5) is 5.69 Å². The minimum atomic E-state index is -0.377. The molecule has 0 saturated carbocycles. The number of alkyl halides is 1. The number of benzene rings is 1. The Kier molecular flexibility index (Phi) is 4.22. The predicted octanol–water partition coefficient (Wildman–Crippen LogP) is 3.23. The van der Waals surface area contributed by atoms with Crippen molar-refractivity contribution in [2.24, 2.45) is 0 Å². The van der Waals surface area contributed by atoms with E-state index in [2.05, 4.69) is 0 Å². The molecule has 1 aromatic carbocycles. The molecule has 0 unspecified atom stereocenters. The van der Waals surface area contributed by atoms with Gasteiger partial charge in [-0.3, -0.25) is 10.1 Å². The molecule has 0 radical (unpaired) electrons. The first-order valence-electron chi connectivity index (χ1n) is 4.08. The SMILES string of the molecule is Cc1cc(SCCCl)cc([N+](=O)[O-])c1. The highest BCUT2D eigenvalue weighted by atomic mass is 35.5. The summed E-state index contributed by atoms with van der Waals surface area (Å²) < 4.78 is 0. The van der Waals surface area contributed by atoms with Crippen LogP contribution in [0, 0.1) is 17.0 Å². The van der Waals surface area contributed by atoms with E-state index < -0.39 is 0 Å². The number of thioether (sulfide) groups is 1. The van der Waals surface area contributed by atoms with Crippen molar-refractivity contribution in [3.63, 3.8) is 0 Å². The lowest BCUT2D eigenvalue weighted by molar-refractivity contribution is -0.385. The van der Waals surface area contributed by atoms with Crippen LogP contribution in [-0.2, 0) is 0 Å². The Morgan fingerprint density at radius 2 is 2.21 bits per heavy atom. The Hall–Kier alpha value is -0.740. The zero-order valence-corrected chi connectivity index (χ0v) is 9.27. The summed E-state index contributed by atoms with van der Waals surface area (Å²) >= 11 is 7.07. The highest BCUT2D eigenvalue weighted by Gasteiger charge is 2.07. The lowest BCUT2D eigenvalue weighted by Crippen LogP contribution is -1.90. The Morgan fingerprint density at radius 3 is 2.79 bits per heavy atom. The summed E-state index contributed by atoms with van der Waals surface area (Å²) in [4.78, 5) is 11.1. The van der Waals surface area contributed by atoms with Crippen molar-refractivity contribution in [1.29, 1.82) is 0 Å². The second-order valence-electron chi connectivity index (χ2n) is 2.80. The molecule has 1 rings (SSSR count). The standard InChI is InChI=1S/C9H10ClNO2S/c1-7-4-8(11(12)13)6-9(5-7)14-3-2-10/h4-6H,2-3H2,1H3. The predicted molar refractivity (Wildman–Crippen MR) is 59.3 cm³/mol. The molecular formula is C9H10ClNO2S. The number of rotatable bonds is 4. The number of nitro groups is 1. The van der Waals surface area contributed by atoms with Gasteiger partial charge in [0.1, 0.15) is 0 Å². The Bertz CT molecular complexity index is 344. The highest BCUT2D eigenvalue weighted by molar-refractivity contribution is 7.99. The summed E-state index contributed by atoms with van der Waals surface area (Å²) in [6.45, 7) is 1.84. The first-order chi connectivity index (χ1) is 6.63. The molecule has 0 aromatic heterocycles. The smallest absolute Gasteiger partial charge is 0.258 e. The Morgan fingerprint density at radius 1 is 1.50 bits per heavy atom. The van der Waals surface area contributed by atoms with Crippen LogP contribution in [0.5, 0.6) is 0 Å². The van der Waals surface area contributed by atoms with E-state index in [1.165, 1.54) is 11.8 Å². The molecule has 0 spiro atoms. The van der Waals surface area contributed by atoms with Crippen LogP contribution in [0.3, 0.4) is 0 Å². The molecule has 0 amide bonds. The van der Waals surface area contributed by atoms with Crippen LogP contribution >= 0.6 is 23.4 Å². The van der Waals surface area contributed by atoms with Crippen LogP contribution in [0.2, 0.25) is 0 Å². The van der Waals surface area contributed by atoms with Gasteiger partial charge >= 0.3 is 0 Å². The van der Waals surface area contributed by atoms with Crippen molar-refractivity contribution in [2.75, 3.05) is 11.6 Å². The molecule has 5 heteroatoms. The topological polar surface area (TPSA) is 43.1 Å². The Labute approximate surface area is 91.6 Å². The average molecular weight is 232 g/mol. The molecule has 0 fully saturated rings. The van der Waals surface area contributed by atoms with Gasteiger partial charge in [-0.05, 0) is 18.6 Å². The zero-order chi connectivity index (χ0) is 10.6. The van der Waals surface area contributed by atoms with E-state index in [0.717, 1.165) is 16.2 Å². The summed E-state index contributed by atoms with van der Waals surface area (Å²) in [7, 11) is 0. The number of halogens is 1. The second kappa shape index (κ2) is 5.22. The van der Waals surface area contributed by atoms with Crippen LogP contribution in [0.15, 0.2) is 23.1 Å². The van der Waals surface area contributed by atoms with E-state index in [-0.39, 0.29) is 10.6 Å². The molecule has 14 heavy (non-hydrogen) atoms. The van der Waals surface area contributed by atoms with Gasteiger partial charge in [0.25, 0.3) is 5.69 Å². The minimum Gasteiger partial charge on any atom is -0.258 e. The molecule has 0 saturated heterocycles. The number of aryl methyl sites for hydroxylation is 1. The third-order valence-electron chi connectivity index (χ3n) is 1.59. The fraction of sp³-hybridized carbons (Fsp3) is 0.333. The van der Waals surface area contributed by atoms with Gasteiger partial charge < -0.3 is 0 Å². The maximum atomic E-state index is 10.5. The summed E-state index contributed by atoms with van der Waals surface area (Å²) in [5, 5.41) is 10.5. The maximum absolute atomic E-state index is 10.5. The number of hydrogen-bond donors (Lipinski definition) is 0. The first-order valence-corrected chi connectivity index (χ1v) is 5.60. The van der Waals surface area contributed by atoms with Crippen LogP contribution in [-0.4, -0.2) is 16.6 Å². The third-order valence-corrected chi connectivity index (χ3v) is 2.98. The van der Waals surface area contributed by atoms with Gasteiger partial charge in [0, 0.05) is 28.7 Å². The highest BCUT2D eigenvalue weighted by Crippen LogP contribution is 2.24. The van der Waals surface area contributed by atoms with E-state index in [1.54, 1.807) is 12.1 Å². The number of nitrogens with zero attached hydrogens (tertiary/aromatic N) is 1. The van der Waals surface area contributed by atoms with Crippen molar-refractivity contribution < 1.29 is 4.92 Å². The van der Waals surface area contributed by atoms with E-state index in [0.29, 0.717) is 5.88 Å². The largest absolute Gasteiger partial charge is 0.270 e. The van der Waals surface area contributed by atoms with E-state index >= 15 is 0 Å². The molecule has 0 heterocycles. The normalized spacial score (nSPS) is 10.1. The van der Waals surface area contributed by atoms with Gasteiger partial charge in [-0.25, -0.2) is 0 Å². The second-order valence-corrected chi connectivity index (χ2v) is 4.35. The Balaban J connectivity index is 2.89. The van der Waals surface area contributed by atoms with Gasteiger partial charge in [0.15, 0.2) is 0 Å². The lowest BCUT2D eigenvalue weighted by atomic mass is 10.2. The molecule has 0 atom stereocenters. The molecule has 76 valence electrons.